The van der Waals surface area contributed by atoms with Gasteiger partial charge >= 0.3 is 0 Å². The van der Waals surface area contributed by atoms with E-state index in [1.807, 2.05) is 0 Å². The summed E-state index contributed by atoms with van der Waals surface area (Å²) in [7, 11) is 0. The lowest BCUT2D eigenvalue weighted by Gasteiger charge is -2.29. The Morgan fingerprint density at radius 2 is 1.75 bits per heavy atom. The molecule has 2 N–H and O–H groups in total. The fraction of sp³-hybridized carbons (Fsp3) is 0.900. The maximum atomic E-state index is 10.9. The van der Waals surface area contributed by atoms with E-state index < -0.39 is 0 Å². The molecule has 0 heterocycles. The fourth-order valence-electron chi connectivity index (χ4n) is 2.07. The molecule has 12 heavy (non-hydrogen) atoms. The van der Waals surface area contributed by atoms with E-state index in [0.29, 0.717) is 0 Å². The van der Waals surface area contributed by atoms with Gasteiger partial charge in [-0.15, -0.1) is 0 Å². The molecule has 0 aromatic heterocycles. The van der Waals surface area contributed by atoms with Gasteiger partial charge < -0.3 is 5.73 Å². The Bertz CT molecular complexity index is 157. The van der Waals surface area contributed by atoms with Crippen LogP contribution in [0.15, 0.2) is 0 Å². The first-order chi connectivity index (χ1) is 5.61. The van der Waals surface area contributed by atoms with Crippen molar-refractivity contribution in [1.82, 2.24) is 0 Å². The zero-order valence-corrected chi connectivity index (χ0v) is 8.05. The highest BCUT2D eigenvalue weighted by Crippen LogP contribution is 2.32. The number of primary amides is 1. The molecule has 0 unspecified atom stereocenters. The van der Waals surface area contributed by atoms with Crippen molar-refractivity contribution < 1.29 is 4.79 Å². The summed E-state index contributed by atoms with van der Waals surface area (Å²) in [5, 5.41) is 0. The summed E-state index contributed by atoms with van der Waals surface area (Å²) in [5.74, 6) is 1.65. The van der Waals surface area contributed by atoms with E-state index in [1.54, 1.807) is 0 Å². The van der Waals surface area contributed by atoms with Crippen LogP contribution in [-0.4, -0.2) is 5.91 Å². The van der Waals surface area contributed by atoms with Crippen molar-refractivity contribution in [1.29, 1.82) is 0 Å². The monoisotopic (exact) mass is 169 g/mol. The molecule has 0 bridgehead atoms. The van der Waals surface area contributed by atoms with Gasteiger partial charge in [0.1, 0.15) is 0 Å². The Labute approximate surface area is 74.5 Å². The Hall–Kier alpha value is -0.530. The summed E-state index contributed by atoms with van der Waals surface area (Å²) in [5.41, 5.74) is 5.25. The molecular weight excluding hydrogens is 150 g/mol. The van der Waals surface area contributed by atoms with Crippen LogP contribution < -0.4 is 5.73 Å². The molecular formula is C10H19NO. The molecule has 0 saturated heterocycles. The van der Waals surface area contributed by atoms with E-state index in [9.17, 15) is 4.79 Å². The fourth-order valence-corrected chi connectivity index (χ4v) is 2.07. The van der Waals surface area contributed by atoms with Crippen LogP contribution in [0.5, 0.6) is 0 Å². The molecule has 0 aromatic rings. The van der Waals surface area contributed by atoms with Crippen molar-refractivity contribution in [2.24, 2.45) is 23.5 Å². The van der Waals surface area contributed by atoms with Crippen molar-refractivity contribution in [3.63, 3.8) is 0 Å². The van der Waals surface area contributed by atoms with Crippen LogP contribution in [0.3, 0.4) is 0 Å². The highest BCUT2D eigenvalue weighted by molar-refractivity contribution is 5.76. The quantitative estimate of drug-likeness (QED) is 0.674. The molecule has 1 rings (SSSR count). The molecule has 1 saturated carbocycles. The van der Waals surface area contributed by atoms with Gasteiger partial charge in [0, 0.05) is 5.92 Å². The first-order valence-electron chi connectivity index (χ1n) is 4.90. The number of carbonyl (C=O) groups excluding carboxylic acids is 1. The molecule has 0 radical (unpaired) electrons. The number of rotatable bonds is 2. The van der Waals surface area contributed by atoms with Crippen LogP contribution in [-0.2, 0) is 4.79 Å². The van der Waals surface area contributed by atoms with Gasteiger partial charge in [-0.1, -0.05) is 13.8 Å². The summed E-state index contributed by atoms with van der Waals surface area (Å²) in [6, 6.07) is 0. The van der Waals surface area contributed by atoms with E-state index in [1.165, 1.54) is 12.8 Å². The number of hydrogen-bond acceptors (Lipinski definition) is 1. The van der Waals surface area contributed by atoms with Gasteiger partial charge in [0.05, 0.1) is 0 Å². The van der Waals surface area contributed by atoms with Crippen LogP contribution in [0.25, 0.3) is 0 Å². The second kappa shape index (κ2) is 3.92. The Morgan fingerprint density at radius 1 is 1.25 bits per heavy atom. The third kappa shape index (κ3) is 2.23. The summed E-state index contributed by atoms with van der Waals surface area (Å²) >= 11 is 0. The Morgan fingerprint density at radius 3 is 2.08 bits per heavy atom. The van der Waals surface area contributed by atoms with Crippen LogP contribution in [0, 0.1) is 17.8 Å². The molecule has 70 valence electrons. The van der Waals surface area contributed by atoms with Gasteiger partial charge in [0.25, 0.3) is 0 Å². The van der Waals surface area contributed by atoms with Gasteiger partial charge in [-0.25, -0.2) is 0 Å². The molecule has 1 amide bonds. The van der Waals surface area contributed by atoms with Crippen molar-refractivity contribution in [2.75, 3.05) is 0 Å². The predicted octanol–water partition coefficient (Wildman–Crippen LogP) is 1.93. The maximum absolute atomic E-state index is 10.9. The normalized spacial score (nSPS) is 30.6. The van der Waals surface area contributed by atoms with Crippen LogP contribution in [0.2, 0.25) is 0 Å². The van der Waals surface area contributed by atoms with E-state index in [0.717, 1.165) is 24.7 Å². The summed E-state index contributed by atoms with van der Waals surface area (Å²) < 4.78 is 0. The highest BCUT2D eigenvalue weighted by Gasteiger charge is 2.25. The van der Waals surface area contributed by atoms with E-state index in [-0.39, 0.29) is 11.8 Å². The summed E-state index contributed by atoms with van der Waals surface area (Å²) in [4.78, 5) is 10.9. The number of carbonyl (C=O) groups is 1. The number of amides is 1. The first kappa shape index (κ1) is 9.56. The minimum absolute atomic E-state index is 0.0998. The zero-order valence-electron chi connectivity index (χ0n) is 8.05. The lowest BCUT2D eigenvalue weighted by Crippen LogP contribution is -2.28. The van der Waals surface area contributed by atoms with Crippen molar-refractivity contribution >= 4 is 5.91 Å². The summed E-state index contributed by atoms with van der Waals surface area (Å²) in [6.07, 6.45) is 4.40. The van der Waals surface area contributed by atoms with Crippen molar-refractivity contribution in [3.8, 4) is 0 Å². The third-order valence-corrected chi connectivity index (χ3v) is 3.12. The van der Waals surface area contributed by atoms with Crippen LogP contribution >= 0.6 is 0 Å². The zero-order chi connectivity index (χ0) is 9.14. The molecule has 0 spiro atoms. The largest absolute Gasteiger partial charge is 0.369 e. The molecule has 1 fully saturated rings. The average Bonchev–Trinajstić information content (AvgIpc) is 2.04. The lowest BCUT2D eigenvalue weighted by molar-refractivity contribution is -0.123. The van der Waals surface area contributed by atoms with Gasteiger partial charge in [-0.3, -0.25) is 4.79 Å². The molecule has 0 atom stereocenters. The highest BCUT2D eigenvalue weighted by atomic mass is 16.1. The van der Waals surface area contributed by atoms with Crippen molar-refractivity contribution in [2.45, 2.75) is 39.5 Å². The van der Waals surface area contributed by atoms with Crippen molar-refractivity contribution in [3.05, 3.63) is 0 Å². The molecule has 2 nitrogen and oxygen atoms in total. The lowest BCUT2D eigenvalue weighted by atomic mass is 9.77. The van der Waals surface area contributed by atoms with Gasteiger partial charge in [0.2, 0.25) is 5.91 Å². The third-order valence-electron chi connectivity index (χ3n) is 3.12. The van der Waals surface area contributed by atoms with Crippen LogP contribution in [0.4, 0.5) is 0 Å². The minimum atomic E-state index is -0.0998. The Kier molecular flexibility index (Phi) is 3.12. The average molecular weight is 169 g/mol. The SMILES string of the molecule is CC(C)[C@H]1CC[C@H](C(N)=O)CC1. The van der Waals surface area contributed by atoms with E-state index in [4.69, 9.17) is 5.73 Å². The smallest absolute Gasteiger partial charge is 0.220 e. The van der Waals surface area contributed by atoms with Gasteiger partial charge in [0.15, 0.2) is 0 Å². The molecule has 0 aromatic carbocycles. The predicted molar refractivity (Wildman–Crippen MR) is 49.5 cm³/mol. The Balaban J connectivity index is 2.34. The molecule has 2 heteroatoms. The molecule has 1 aliphatic rings. The van der Waals surface area contributed by atoms with Gasteiger partial charge in [-0.05, 0) is 37.5 Å². The van der Waals surface area contributed by atoms with Crippen LogP contribution in [0.1, 0.15) is 39.5 Å². The number of hydrogen-bond donors (Lipinski definition) is 1. The number of nitrogens with two attached hydrogens (primary N) is 1. The standard InChI is InChI=1S/C10H19NO/c1-7(2)8-3-5-9(6-4-8)10(11)12/h7-9H,3-6H2,1-2H3,(H2,11,12)/t8-,9-. The molecule has 0 aliphatic heterocycles. The second-order valence-electron chi connectivity index (χ2n) is 4.26. The minimum Gasteiger partial charge on any atom is -0.369 e. The van der Waals surface area contributed by atoms with E-state index >= 15 is 0 Å². The maximum Gasteiger partial charge on any atom is 0.220 e. The first-order valence-corrected chi connectivity index (χ1v) is 4.90. The van der Waals surface area contributed by atoms with E-state index in [2.05, 4.69) is 13.8 Å². The summed E-state index contributed by atoms with van der Waals surface area (Å²) in [6.45, 7) is 4.52. The topological polar surface area (TPSA) is 43.1 Å². The molecule has 1 aliphatic carbocycles. The second-order valence-corrected chi connectivity index (χ2v) is 4.26. The van der Waals surface area contributed by atoms with Gasteiger partial charge in [-0.2, -0.15) is 0 Å².